The quantitative estimate of drug-likeness (QED) is 0.288. The second kappa shape index (κ2) is 12.9. The smallest absolute Gasteiger partial charge is 0.191 e. The van der Waals surface area contributed by atoms with Crippen LogP contribution in [0.15, 0.2) is 58.4 Å². The molecule has 0 aromatic heterocycles. The second-order valence-electron chi connectivity index (χ2n) is 7.22. The Hall–Kier alpha value is -1.65. The van der Waals surface area contributed by atoms with Gasteiger partial charge in [0.15, 0.2) is 15.8 Å². The molecular weight excluding hydrogens is 511 g/mol. The minimum Gasteiger partial charge on any atom is -0.357 e. The number of hydrogen-bond acceptors (Lipinski definition) is 4. The molecule has 6 nitrogen and oxygen atoms in total. The molecule has 0 saturated carbocycles. The minimum atomic E-state index is -3.20. The van der Waals surface area contributed by atoms with Crippen molar-refractivity contribution in [2.24, 2.45) is 4.99 Å². The van der Waals surface area contributed by atoms with Gasteiger partial charge in [0.2, 0.25) is 0 Å². The van der Waals surface area contributed by atoms with Crippen LogP contribution in [0.5, 0.6) is 0 Å². The Bertz CT molecular complexity index is 918. The average molecular weight is 545 g/mol. The van der Waals surface area contributed by atoms with Crippen molar-refractivity contribution >= 4 is 39.8 Å². The molecule has 2 aromatic carbocycles. The Balaban J connectivity index is 0.00000450. The summed E-state index contributed by atoms with van der Waals surface area (Å²) in [6, 6.07) is 15.8. The SMILES string of the molecule is CCNC(=NCc1ccc(S(C)(=O)=O)c(C)c1)NCCN(C)Cc1ccccc1.I. The van der Waals surface area contributed by atoms with Gasteiger partial charge in [-0.3, -0.25) is 0 Å². The van der Waals surface area contributed by atoms with Gasteiger partial charge in [-0.1, -0.05) is 42.5 Å². The Morgan fingerprint density at radius 3 is 2.37 bits per heavy atom. The van der Waals surface area contributed by atoms with Crippen LogP contribution in [0.4, 0.5) is 0 Å². The second-order valence-corrected chi connectivity index (χ2v) is 9.20. The molecule has 2 rings (SSSR count). The molecule has 0 atom stereocenters. The van der Waals surface area contributed by atoms with E-state index in [-0.39, 0.29) is 24.0 Å². The van der Waals surface area contributed by atoms with Crippen molar-refractivity contribution in [3.8, 4) is 0 Å². The molecule has 0 spiro atoms. The van der Waals surface area contributed by atoms with E-state index >= 15 is 0 Å². The van der Waals surface area contributed by atoms with Gasteiger partial charge in [0.25, 0.3) is 0 Å². The van der Waals surface area contributed by atoms with E-state index in [4.69, 9.17) is 0 Å². The molecule has 30 heavy (non-hydrogen) atoms. The van der Waals surface area contributed by atoms with Crippen LogP contribution in [0.1, 0.15) is 23.6 Å². The fourth-order valence-corrected chi connectivity index (χ4v) is 4.04. The van der Waals surface area contributed by atoms with E-state index < -0.39 is 9.84 Å². The number of nitrogens with one attached hydrogen (secondary N) is 2. The van der Waals surface area contributed by atoms with Crippen LogP contribution >= 0.6 is 24.0 Å². The maximum Gasteiger partial charge on any atom is 0.191 e. The van der Waals surface area contributed by atoms with Gasteiger partial charge in [-0.15, -0.1) is 24.0 Å². The Labute approximate surface area is 198 Å². The van der Waals surface area contributed by atoms with Crippen molar-refractivity contribution in [1.82, 2.24) is 15.5 Å². The van der Waals surface area contributed by atoms with Crippen LogP contribution in [0.2, 0.25) is 0 Å². The van der Waals surface area contributed by atoms with Crippen molar-refractivity contribution in [3.05, 3.63) is 65.2 Å². The molecule has 0 aliphatic heterocycles. The highest BCUT2D eigenvalue weighted by Gasteiger charge is 2.10. The first-order valence-electron chi connectivity index (χ1n) is 9.84. The number of benzene rings is 2. The highest BCUT2D eigenvalue weighted by Crippen LogP contribution is 2.17. The van der Waals surface area contributed by atoms with Crippen LogP contribution < -0.4 is 10.6 Å². The first-order chi connectivity index (χ1) is 13.8. The van der Waals surface area contributed by atoms with Gasteiger partial charge in [-0.2, -0.15) is 0 Å². The van der Waals surface area contributed by atoms with Crippen molar-refractivity contribution < 1.29 is 8.42 Å². The molecule has 0 fully saturated rings. The van der Waals surface area contributed by atoms with E-state index in [0.717, 1.165) is 43.3 Å². The first-order valence-corrected chi connectivity index (χ1v) is 11.7. The Kier molecular flexibility index (Phi) is 11.4. The Morgan fingerprint density at radius 1 is 1.07 bits per heavy atom. The fourth-order valence-electron chi connectivity index (χ4n) is 3.08. The largest absolute Gasteiger partial charge is 0.357 e. The predicted molar refractivity (Wildman–Crippen MR) is 135 cm³/mol. The third-order valence-corrected chi connectivity index (χ3v) is 5.74. The summed E-state index contributed by atoms with van der Waals surface area (Å²) in [6.45, 7) is 7.68. The van der Waals surface area contributed by atoms with Gasteiger partial charge in [0, 0.05) is 32.4 Å². The molecule has 0 bridgehead atoms. The molecule has 2 N–H and O–H groups in total. The summed E-state index contributed by atoms with van der Waals surface area (Å²) >= 11 is 0. The standard InChI is InChI=1S/C22H32N4O2S.HI/c1-5-23-22(24-13-14-26(3)17-19-9-7-6-8-10-19)25-16-20-11-12-21(18(2)15-20)29(4,27)28;/h6-12,15H,5,13-14,16-17H2,1-4H3,(H2,23,24,25);1H. The Morgan fingerprint density at radius 2 is 1.77 bits per heavy atom. The highest BCUT2D eigenvalue weighted by molar-refractivity contribution is 14.0. The molecule has 8 heteroatoms. The number of rotatable bonds is 9. The molecule has 0 amide bonds. The number of hydrogen-bond donors (Lipinski definition) is 2. The van der Waals surface area contributed by atoms with E-state index in [1.54, 1.807) is 6.07 Å². The summed E-state index contributed by atoms with van der Waals surface area (Å²) in [5.74, 6) is 0.755. The van der Waals surface area contributed by atoms with Crippen LogP contribution in [-0.2, 0) is 22.9 Å². The summed E-state index contributed by atoms with van der Waals surface area (Å²) in [7, 11) is -1.10. The summed E-state index contributed by atoms with van der Waals surface area (Å²) in [6.07, 6.45) is 1.23. The lowest BCUT2D eigenvalue weighted by molar-refractivity contribution is 0.331. The molecule has 0 heterocycles. The number of aliphatic imine (C=N–C) groups is 1. The number of sulfone groups is 1. The zero-order chi connectivity index (χ0) is 21.3. The normalized spacial score (nSPS) is 11.8. The van der Waals surface area contributed by atoms with E-state index in [1.165, 1.54) is 11.8 Å². The average Bonchev–Trinajstić information content (AvgIpc) is 2.66. The first kappa shape index (κ1) is 26.4. The predicted octanol–water partition coefficient (Wildman–Crippen LogP) is 3.20. The molecule has 0 saturated heterocycles. The van der Waals surface area contributed by atoms with Crippen LogP contribution in [0.3, 0.4) is 0 Å². The maximum atomic E-state index is 11.8. The zero-order valence-electron chi connectivity index (χ0n) is 18.2. The van der Waals surface area contributed by atoms with Crippen LogP contribution in [0.25, 0.3) is 0 Å². The van der Waals surface area contributed by atoms with E-state index in [1.807, 2.05) is 32.0 Å². The zero-order valence-corrected chi connectivity index (χ0v) is 21.3. The lowest BCUT2D eigenvalue weighted by Gasteiger charge is -2.18. The minimum absolute atomic E-state index is 0. The molecule has 0 unspecified atom stereocenters. The summed E-state index contributed by atoms with van der Waals surface area (Å²) < 4.78 is 23.5. The van der Waals surface area contributed by atoms with Crippen molar-refractivity contribution in [2.45, 2.75) is 31.8 Å². The van der Waals surface area contributed by atoms with Gasteiger partial charge in [-0.25, -0.2) is 13.4 Å². The molecule has 0 radical (unpaired) electrons. The number of aryl methyl sites for hydroxylation is 1. The van der Waals surface area contributed by atoms with Crippen molar-refractivity contribution in [1.29, 1.82) is 0 Å². The molecule has 2 aromatic rings. The fraction of sp³-hybridized carbons (Fsp3) is 0.409. The van der Waals surface area contributed by atoms with Gasteiger partial charge < -0.3 is 15.5 Å². The summed E-state index contributed by atoms with van der Waals surface area (Å²) in [5, 5.41) is 6.61. The van der Waals surface area contributed by atoms with E-state index in [2.05, 4.69) is 51.8 Å². The van der Waals surface area contributed by atoms with Gasteiger partial charge in [0.05, 0.1) is 11.4 Å². The number of halogens is 1. The monoisotopic (exact) mass is 544 g/mol. The van der Waals surface area contributed by atoms with Crippen LogP contribution in [0, 0.1) is 6.92 Å². The highest BCUT2D eigenvalue weighted by atomic mass is 127. The lowest BCUT2D eigenvalue weighted by atomic mass is 10.1. The molecule has 166 valence electrons. The maximum absolute atomic E-state index is 11.8. The molecular formula is C22H33IN4O2S. The van der Waals surface area contributed by atoms with Crippen molar-refractivity contribution in [2.75, 3.05) is 32.9 Å². The van der Waals surface area contributed by atoms with Crippen molar-refractivity contribution in [3.63, 3.8) is 0 Å². The third kappa shape index (κ3) is 9.01. The van der Waals surface area contributed by atoms with E-state index in [0.29, 0.717) is 11.4 Å². The van der Waals surface area contributed by atoms with Gasteiger partial charge in [-0.05, 0) is 43.7 Å². The molecule has 0 aliphatic rings. The third-order valence-electron chi connectivity index (χ3n) is 4.48. The van der Waals surface area contributed by atoms with Gasteiger partial charge in [0.1, 0.15) is 0 Å². The van der Waals surface area contributed by atoms with E-state index in [9.17, 15) is 8.42 Å². The number of likely N-dealkylation sites (N-methyl/N-ethyl adjacent to an activating group) is 1. The number of nitrogens with zero attached hydrogens (tertiary/aromatic N) is 2. The number of guanidine groups is 1. The van der Waals surface area contributed by atoms with Crippen LogP contribution in [-0.4, -0.2) is 52.2 Å². The molecule has 0 aliphatic carbocycles. The van der Waals surface area contributed by atoms with Gasteiger partial charge >= 0.3 is 0 Å². The lowest BCUT2D eigenvalue weighted by Crippen LogP contribution is -2.40. The topological polar surface area (TPSA) is 73.8 Å². The summed E-state index contributed by atoms with van der Waals surface area (Å²) in [5.41, 5.74) is 3.03. The summed E-state index contributed by atoms with van der Waals surface area (Å²) in [4.78, 5) is 7.26.